The SMILES string of the molecule is Cc1nc2n(n1)-c1cccc(Nc3cc(Cl)nnc3C(=O)O)c1N(C)C2C. The number of carboxylic acid groups (broad SMARTS) is 1. The first kappa shape index (κ1) is 17.2. The van der Waals surface area contributed by atoms with Crippen LogP contribution in [0.4, 0.5) is 17.1 Å². The van der Waals surface area contributed by atoms with E-state index in [1.165, 1.54) is 6.07 Å². The molecular formula is C17H16ClN7O2. The maximum absolute atomic E-state index is 11.5. The number of nitrogens with one attached hydrogen (secondary N) is 1. The third-order valence-corrected chi connectivity index (χ3v) is 4.71. The summed E-state index contributed by atoms with van der Waals surface area (Å²) in [4.78, 5) is 18.1. The van der Waals surface area contributed by atoms with Gasteiger partial charge in [-0.25, -0.2) is 14.5 Å². The molecule has 0 saturated carbocycles. The molecule has 138 valence electrons. The van der Waals surface area contributed by atoms with Crippen molar-refractivity contribution < 1.29 is 9.90 Å². The highest BCUT2D eigenvalue weighted by Gasteiger charge is 2.30. The van der Waals surface area contributed by atoms with Gasteiger partial charge in [-0.05, 0) is 26.0 Å². The first-order valence-electron chi connectivity index (χ1n) is 8.20. The zero-order valence-electron chi connectivity index (χ0n) is 14.8. The van der Waals surface area contributed by atoms with Crippen LogP contribution in [0.1, 0.15) is 35.1 Å². The number of aryl methyl sites for hydroxylation is 1. The molecule has 9 nitrogen and oxygen atoms in total. The lowest BCUT2D eigenvalue weighted by atomic mass is 10.1. The summed E-state index contributed by atoms with van der Waals surface area (Å²) < 4.78 is 1.82. The fraction of sp³-hybridized carbons (Fsp3) is 0.235. The molecule has 0 saturated heterocycles. The number of carbonyl (C=O) groups is 1. The molecule has 1 unspecified atom stereocenters. The molecule has 0 fully saturated rings. The van der Waals surface area contributed by atoms with E-state index in [2.05, 4.69) is 30.5 Å². The molecule has 0 amide bonds. The normalized spacial score (nSPS) is 15.3. The summed E-state index contributed by atoms with van der Waals surface area (Å²) in [6, 6.07) is 7.09. The Hall–Kier alpha value is -3.20. The van der Waals surface area contributed by atoms with Crippen LogP contribution >= 0.6 is 11.6 Å². The van der Waals surface area contributed by atoms with E-state index in [1.807, 2.05) is 43.8 Å². The Bertz CT molecular complexity index is 1070. The van der Waals surface area contributed by atoms with Crippen molar-refractivity contribution in [1.29, 1.82) is 0 Å². The van der Waals surface area contributed by atoms with Gasteiger partial charge >= 0.3 is 5.97 Å². The Morgan fingerprint density at radius 3 is 2.81 bits per heavy atom. The van der Waals surface area contributed by atoms with Crippen LogP contribution < -0.4 is 10.2 Å². The Kier molecular flexibility index (Phi) is 3.96. The van der Waals surface area contributed by atoms with E-state index in [1.54, 1.807) is 0 Å². The first-order chi connectivity index (χ1) is 12.9. The molecule has 0 bridgehead atoms. The van der Waals surface area contributed by atoms with Crippen LogP contribution in [0.15, 0.2) is 24.3 Å². The number of nitrogens with zero attached hydrogens (tertiary/aromatic N) is 6. The van der Waals surface area contributed by atoms with E-state index in [-0.39, 0.29) is 22.6 Å². The van der Waals surface area contributed by atoms with Crippen LogP contribution in [-0.2, 0) is 0 Å². The number of anilines is 3. The lowest BCUT2D eigenvalue weighted by Crippen LogP contribution is -2.31. The van der Waals surface area contributed by atoms with Crippen molar-refractivity contribution in [2.24, 2.45) is 0 Å². The second-order valence-electron chi connectivity index (χ2n) is 6.25. The fourth-order valence-corrected chi connectivity index (χ4v) is 3.33. The van der Waals surface area contributed by atoms with E-state index in [0.29, 0.717) is 11.5 Å². The number of rotatable bonds is 3. The molecule has 1 aliphatic rings. The number of halogens is 1. The van der Waals surface area contributed by atoms with Crippen molar-refractivity contribution in [3.8, 4) is 5.69 Å². The maximum atomic E-state index is 11.5. The van der Waals surface area contributed by atoms with Gasteiger partial charge in [0.05, 0.1) is 28.8 Å². The van der Waals surface area contributed by atoms with Crippen molar-refractivity contribution in [3.05, 3.63) is 46.8 Å². The van der Waals surface area contributed by atoms with E-state index < -0.39 is 5.97 Å². The molecular weight excluding hydrogens is 370 g/mol. The van der Waals surface area contributed by atoms with Crippen LogP contribution in [-0.4, -0.2) is 43.1 Å². The Morgan fingerprint density at radius 1 is 1.30 bits per heavy atom. The van der Waals surface area contributed by atoms with Crippen LogP contribution in [0.5, 0.6) is 0 Å². The zero-order chi connectivity index (χ0) is 19.3. The monoisotopic (exact) mass is 385 g/mol. The molecule has 27 heavy (non-hydrogen) atoms. The fourth-order valence-electron chi connectivity index (χ4n) is 3.19. The van der Waals surface area contributed by atoms with Gasteiger partial charge in [0, 0.05) is 13.1 Å². The van der Waals surface area contributed by atoms with Crippen LogP contribution in [0, 0.1) is 6.92 Å². The molecule has 3 aromatic rings. The highest BCUT2D eigenvalue weighted by atomic mass is 35.5. The average molecular weight is 386 g/mol. The van der Waals surface area contributed by atoms with E-state index in [9.17, 15) is 9.90 Å². The molecule has 0 radical (unpaired) electrons. The quantitative estimate of drug-likeness (QED) is 0.708. The highest BCUT2D eigenvalue weighted by Crippen LogP contribution is 2.42. The van der Waals surface area contributed by atoms with Crippen LogP contribution in [0.25, 0.3) is 5.69 Å². The number of fused-ring (bicyclic) bond motifs is 3. The van der Waals surface area contributed by atoms with Gasteiger partial charge in [0.2, 0.25) is 0 Å². The summed E-state index contributed by atoms with van der Waals surface area (Å²) >= 11 is 5.91. The van der Waals surface area contributed by atoms with Gasteiger partial charge in [0.25, 0.3) is 0 Å². The van der Waals surface area contributed by atoms with Gasteiger partial charge in [-0.15, -0.1) is 10.2 Å². The maximum Gasteiger partial charge on any atom is 0.358 e. The van der Waals surface area contributed by atoms with Gasteiger partial charge < -0.3 is 15.3 Å². The first-order valence-corrected chi connectivity index (χ1v) is 8.58. The minimum atomic E-state index is -1.19. The summed E-state index contributed by atoms with van der Waals surface area (Å²) in [6.45, 7) is 3.89. The van der Waals surface area contributed by atoms with E-state index in [0.717, 1.165) is 17.2 Å². The minimum Gasteiger partial charge on any atom is -0.476 e. The molecule has 0 aliphatic carbocycles. The number of hydrogen-bond donors (Lipinski definition) is 2. The zero-order valence-corrected chi connectivity index (χ0v) is 15.6. The van der Waals surface area contributed by atoms with Gasteiger partial charge in [0.15, 0.2) is 16.7 Å². The Morgan fingerprint density at radius 2 is 2.07 bits per heavy atom. The smallest absolute Gasteiger partial charge is 0.358 e. The number of aromatic nitrogens is 5. The minimum absolute atomic E-state index is 0.0141. The predicted octanol–water partition coefficient (Wildman–Crippen LogP) is 2.97. The van der Waals surface area contributed by atoms with Crippen LogP contribution in [0.2, 0.25) is 5.15 Å². The van der Waals surface area contributed by atoms with Gasteiger partial charge in [-0.3, -0.25) is 0 Å². The summed E-state index contributed by atoms with van der Waals surface area (Å²) in [7, 11) is 1.96. The topological polar surface area (TPSA) is 109 Å². The lowest BCUT2D eigenvalue weighted by molar-refractivity contribution is 0.0690. The molecule has 10 heteroatoms. The second-order valence-corrected chi connectivity index (χ2v) is 6.64. The summed E-state index contributed by atoms with van der Waals surface area (Å²) in [6.07, 6.45) is 0. The van der Waals surface area contributed by atoms with Gasteiger partial charge in [-0.2, -0.15) is 5.10 Å². The summed E-state index contributed by atoms with van der Waals surface area (Å²) in [5.74, 6) is 0.344. The highest BCUT2D eigenvalue weighted by molar-refractivity contribution is 6.29. The van der Waals surface area contributed by atoms with E-state index in [4.69, 9.17) is 11.6 Å². The number of benzene rings is 1. The molecule has 2 aromatic heterocycles. The second kappa shape index (κ2) is 6.20. The largest absolute Gasteiger partial charge is 0.476 e. The molecule has 3 heterocycles. The van der Waals surface area contributed by atoms with Crippen molar-refractivity contribution in [3.63, 3.8) is 0 Å². The molecule has 0 spiro atoms. The van der Waals surface area contributed by atoms with Gasteiger partial charge in [0.1, 0.15) is 5.82 Å². The number of hydrogen-bond acceptors (Lipinski definition) is 7. The number of carboxylic acids is 1. The average Bonchev–Trinajstić information content (AvgIpc) is 3.01. The summed E-state index contributed by atoms with van der Waals surface area (Å²) in [5.41, 5.74) is 2.47. The van der Waals surface area contributed by atoms with Crippen molar-refractivity contribution in [1.82, 2.24) is 25.0 Å². The molecule has 1 atom stereocenters. The third kappa shape index (κ3) is 2.76. The standard InChI is InChI=1S/C17H16ClN7O2/c1-8-16-19-9(2)23-25(16)12-6-4-5-10(15(12)24(8)3)20-11-7-13(18)21-22-14(11)17(26)27/h4-8H,1-3H3,(H,20,21)(H,26,27). The number of aromatic carboxylic acids is 1. The summed E-state index contributed by atoms with van der Waals surface area (Å²) in [5, 5.41) is 24.4. The predicted molar refractivity (Wildman–Crippen MR) is 100 cm³/mol. The molecule has 1 aliphatic heterocycles. The van der Waals surface area contributed by atoms with Crippen molar-refractivity contribution >= 4 is 34.6 Å². The number of para-hydroxylation sites is 1. The van der Waals surface area contributed by atoms with Crippen molar-refractivity contribution in [2.45, 2.75) is 19.9 Å². The molecule has 2 N–H and O–H groups in total. The Labute approximate surface area is 159 Å². The molecule has 4 rings (SSSR count). The van der Waals surface area contributed by atoms with Gasteiger partial charge in [-0.1, -0.05) is 17.7 Å². The van der Waals surface area contributed by atoms with E-state index >= 15 is 0 Å². The van der Waals surface area contributed by atoms with Crippen molar-refractivity contribution in [2.75, 3.05) is 17.3 Å². The van der Waals surface area contributed by atoms with Crippen LogP contribution in [0.3, 0.4) is 0 Å². The lowest BCUT2D eigenvalue weighted by Gasteiger charge is -2.34. The Balaban J connectivity index is 1.87. The molecule has 1 aromatic carbocycles. The third-order valence-electron chi connectivity index (χ3n) is 4.52.